The van der Waals surface area contributed by atoms with Crippen molar-refractivity contribution in [2.45, 2.75) is 64.7 Å². The summed E-state index contributed by atoms with van der Waals surface area (Å²) in [6.45, 7) is 2.70. The van der Waals surface area contributed by atoms with Crippen molar-refractivity contribution in [3.05, 3.63) is 0 Å². The van der Waals surface area contributed by atoms with Gasteiger partial charge in [-0.1, -0.05) is 58.3 Å². The Morgan fingerprint density at radius 3 is 1.76 bits per heavy atom. The second-order valence-corrected chi connectivity index (χ2v) is 3.79. The number of hydrogen-bond donors (Lipinski definition) is 1. The van der Waals surface area contributed by atoms with Crippen LogP contribution in [-0.4, -0.2) is 11.9 Å². The summed E-state index contributed by atoms with van der Waals surface area (Å²) in [5, 5.41) is 14.9. The first-order valence-corrected chi connectivity index (χ1v) is 6.35. The van der Waals surface area contributed by atoms with E-state index in [9.17, 15) is 0 Å². The van der Waals surface area contributed by atoms with Crippen molar-refractivity contribution in [3.8, 4) is 12.8 Å². The van der Waals surface area contributed by atoms with Crippen molar-refractivity contribution >= 4 is 0 Å². The lowest BCUT2D eigenvalue weighted by atomic mass is 10.1. The highest BCUT2D eigenvalue weighted by atomic mass is 17.6. The Labute approximate surface area is 105 Å². The summed E-state index contributed by atoms with van der Waals surface area (Å²) in [6.07, 6.45) is 19.4. The molecule has 0 atom stereocenters. The predicted molar refractivity (Wildman–Crippen MR) is 67.9 cm³/mol. The van der Waals surface area contributed by atoms with Gasteiger partial charge in [-0.05, 0) is 16.5 Å². The van der Waals surface area contributed by atoms with E-state index in [4.69, 9.17) is 5.26 Å². The highest BCUT2D eigenvalue weighted by Crippen LogP contribution is 2.09. The molecule has 0 saturated carbocycles. The standard InChI is InChI=1S/C11H24O4.C2H2/c1-2-3-4-5-6-7-8-9-10-11-13-15-14-12;1-2/h12H,2-11H2,1H3;1-2H. The molecule has 0 aliphatic rings. The van der Waals surface area contributed by atoms with Crippen LogP contribution in [0.5, 0.6) is 0 Å². The SMILES string of the molecule is C#C.CCCCCCCCCCCOOOO. The second-order valence-electron chi connectivity index (χ2n) is 3.79. The molecule has 0 unspecified atom stereocenters. The smallest absolute Gasteiger partial charge is 0.0854 e. The molecule has 0 spiro atoms. The third-order valence-electron chi connectivity index (χ3n) is 2.41. The molecule has 0 aliphatic heterocycles. The average Bonchev–Trinajstić information content (AvgIpc) is 2.38. The van der Waals surface area contributed by atoms with Crippen LogP contribution in [-0.2, 0) is 15.0 Å². The monoisotopic (exact) mass is 246 g/mol. The van der Waals surface area contributed by atoms with Gasteiger partial charge >= 0.3 is 0 Å². The van der Waals surface area contributed by atoms with Crippen LogP contribution >= 0.6 is 0 Å². The van der Waals surface area contributed by atoms with Gasteiger partial charge < -0.3 is 0 Å². The fourth-order valence-electron chi connectivity index (χ4n) is 1.53. The number of rotatable bonds is 12. The molecule has 0 amide bonds. The molecule has 17 heavy (non-hydrogen) atoms. The Morgan fingerprint density at radius 1 is 0.824 bits per heavy atom. The molecule has 0 aromatic carbocycles. The van der Waals surface area contributed by atoms with Crippen molar-refractivity contribution in [3.63, 3.8) is 0 Å². The van der Waals surface area contributed by atoms with Gasteiger partial charge in [-0.15, -0.1) is 12.8 Å². The first kappa shape index (κ1) is 18.8. The van der Waals surface area contributed by atoms with E-state index in [1.165, 1.54) is 44.9 Å². The maximum absolute atomic E-state index is 7.76. The largest absolute Gasteiger partial charge is 0.219 e. The van der Waals surface area contributed by atoms with Gasteiger partial charge in [0.25, 0.3) is 0 Å². The first-order valence-electron chi connectivity index (χ1n) is 6.35. The van der Waals surface area contributed by atoms with Gasteiger partial charge in [0, 0.05) is 0 Å². The van der Waals surface area contributed by atoms with Crippen molar-refractivity contribution in [2.24, 2.45) is 0 Å². The van der Waals surface area contributed by atoms with Crippen LogP contribution in [0.1, 0.15) is 64.7 Å². The number of unbranched alkanes of at least 4 members (excludes halogenated alkanes) is 8. The van der Waals surface area contributed by atoms with E-state index >= 15 is 0 Å². The molecule has 4 nitrogen and oxygen atoms in total. The van der Waals surface area contributed by atoms with E-state index < -0.39 is 0 Å². The van der Waals surface area contributed by atoms with Crippen molar-refractivity contribution in [1.29, 1.82) is 0 Å². The molecule has 0 radical (unpaired) electrons. The fourth-order valence-corrected chi connectivity index (χ4v) is 1.53. The normalized spacial score (nSPS) is 9.65. The van der Waals surface area contributed by atoms with Crippen LogP contribution in [0.2, 0.25) is 0 Å². The molecule has 0 fully saturated rings. The van der Waals surface area contributed by atoms with Gasteiger partial charge in [0.2, 0.25) is 0 Å². The summed E-state index contributed by atoms with van der Waals surface area (Å²) in [5.41, 5.74) is 0. The quantitative estimate of drug-likeness (QED) is 0.243. The molecule has 4 heteroatoms. The average molecular weight is 246 g/mol. The zero-order chi connectivity index (χ0) is 13.2. The summed E-state index contributed by atoms with van der Waals surface area (Å²) in [4.78, 5) is 4.47. The van der Waals surface area contributed by atoms with Gasteiger partial charge in [0.05, 0.1) is 6.61 Å². The van der Waals surface area contributed by atoms with Crippen molar-refractivity contribution in [1.82, 2.24) is 0 Å². The lowest BCUT2D eigenvalue weighted by Gasteiger charge is -2.01. The Morgan fingerprint density at radius 2 is 1.29 bits per heavy atom. The number of terminal acetylenes is 1. The van der Waals surface area contributed by atoms with Crippen LogP contribution in [0, 0.1) is 12.8 Å². The topological polar surface area (TPSA) is 47.9 Å². The summed E-state index contributed by atoms with van der Waals surface area (Å²) >= 11 is 0. The molecular weight excluding hydrogens is 220 g/mol. The Hall–Kier alpha value is -0.600. The maximum atomic E-state index is 7.76. The Kier molecular flexibility index (Phi) is 22.9. The molecule has 0 bridgehead atoms. The Balaban J connectivity index is 0. The van der Waals surface area contributed by atoms with Crippen LogP contribution in [0.15, 0.2) is 0 Å². The van der Waals surface area contributed by atoms with Gasteiger partial charge in [-0.25, -0.2) is 10.1 Å². The van der Waals surface area contributed by atoms with Crippen LogP contribution in [0.4, 0.5) is 0 Å². The van der Waals surface area contributed by atoms with E-state index in [1.54, 1.807) is 0 Å². The molecule has 0 heterocycles. The molecule has 1 N–H and O–H groups in total. The predicted octanol–water partition coefficient (Wildman–Crippen LogP) is 4.12. The summed E-state index contributed by atoms with van der Waals surface area (Å²) in [6, 6.07) is 0. The highest BCUT2D eigenvalue weighted by Gasteiger charge is 1.93. The maximum Gasteiger partial charge on any atom is 0.0854 e. The zero-order valence-electron chi connectivity index (χ0n) is 10.9. The molecule has 102 valence electrons. The molecule has 0 aromatic rings. The minimum absolute atomic E-state index is 0.469. The van der Waals surface area contributed by atoms with Gasteiger partial charge in [0.1, 0.15) is 0 Å². The third kappa shape index (κ3) is 21.3. The van der Waals surface area contributed by atoms with E-state index in [0.29, 0.717) is 6.61 Å². The van der Waals surface area contributed by atoms with Crippen LogP contribution in [0.25, 0.3) is 0 Å². The first-order chi connectivity index (χ1) is 8.41. The van der Waals surface area contributed by atoms with Gasteiger partial charge in [-0.2, -0.15) is 0 Å². The highest BCUT2D eigenvalue weighted by molar-refractivity contribution is 4.47. The molecule has 0 aliphatic carbocycles. The lowest BCUT2D eigenvalue weighted by Crippen LogP contribution is -1.95. The summed E-state index contributed by atoms with van der Waals surface area (Å²) in [5.74, 6) is 0. The van der Waals surface area contributed by atoms with E-state index in [2.05, 4.69) is 34.7 Å². The van der Waals surface area contributed by atoms with Crippen molar-refractivity contribution < 1.29 is 20.2 Å². The number of hydrogen-bond acceptors (Lipinski definition) is 4. The minimum Gasteiger partial charge on any atom is -0.219 e. The fraction of sp³-hybridized carbons (Fsp3) is 0.846. The van der Waals surface area contributed by atoms with E-state index in [0.717, 1.165) is 12.8 Å². The molecule has 0 aromatic heterocycles. The van der Waals surface area contributed by atoms with Crippen LogP contribution in [0.3, 0.4) is 0 Å². The zero-order valence-corrected chi connectivity index (χ0v) is 10.9. The summed E-state index contributed by atoms with van der Waals surface area (Å²) in [7, 11) is 0. The van der Waals surface area contributed by atoms with Gasteiger partial charge in [0.15, 0.2) is 0 Å². The summed E-state index contributed by atoms with van der Waals surface area (Å²) < 4.78 is 0. The molecule has 0 rings (SSSR count). The van der Waals surface area contributed by atoms with Gasteiger partial charge in [-0.3, -0.25) is 0 Å². The second kappa shape index (κ2) is 20.8. The van der Waals surface area contributed by atoms with Crippen LogP contribution < -0.4 is 0 Å². The third-order valence-corrected chi connectivity index (χ3v) is 2.41. The van der Waals surface area contributed by atoms with E-state index in [1.807, 2.05) is 0 Å². The lowest BCUT2D eigenvalue weighted by molar-refractivity contribution is -0.623. The minimum atomic E-state index is 0.469. The molecular formula is C13H26O4. The van der Waals surface area contributed by atoms with E-state index in [-0.39, 0.29) is 0 Å². The molecule has 0 saturated heterocycles. The Bertz CT molecular complexity index is 125. The van der Waals surface area contributed by atoms with Crippen molar-refractivity contribution in [2.75, 3.05) is 6.61 Å².